The Kier molecular flexibility index (Phi) is 5.68. The Hall–Kier alpha value is -2.98. The number of hydrogen-bond donors (Lipinski definition) is 1. The van der Waals surface area contributed by atoms with Gasteiger partial charge in [0.25, 0.3) is 5.91 Å². The highest BCUT2D eigenvalue weighted by Crippen LogP contribution is 2.39. The second-order valence-electron chi connectivity index (χ2n) is 8.60. The molecule has 0 fully saturated rings. The number of sulfonamides is 1. The Bertz CT molecular complexity index is 1250. The molecule has 10 heteroatoms. The lowest BCUT2D eigenvalue weighted by Crippen LogP contribution is -2.48. The SMILES string of the molecule is CC(C)(C)c1ccc2c(c1)N(S(C)(=O)=O)C[C@@H](C(=O)Nc1nnc(-c3ccccc3)s1)O2. The zero-order valence-electron chi connectivity index (χ0n) is 18.2. The van der Waals surface area contributed by atoms with E-state index in [1.165, 1.54) is 15.6 Å². The molecular weight excluding hydrogens is 448 g/mol. The summed E-state index contributed by atoms with van der Waals surface area (Å²) in [5, 5.41) is 11.8. The van der Waals surface area contributed by atoms with Crippen LogP contribution in [0.25, 0.3) is 10.6 Å². The minimum Gasteiger partial charge on any atom is -0.476 e. The highest BCUT2D eigenvalue weighted by Gasteiger charge is 2.36. The third-order valence-electron chi connectivity index (χ3n) is 5.06. The van der Waals surface area contributed by atoms with Crippen LogP contribution in [0.1, 0.15) is 26.3 Å². The van der Waals surface area contributed by atoms with Crippen LogP contribution in [0.3, 0.4) is 0 Å². The quantitative estimate of drug-likeness (QED) is 0.622. The Balaban J connectivity index is 1.58. The molecule has 0 saturated heterocycles. The van der Waals surface area contributed by atoms with Gasteiger partial charge in [-0.1, -0.05) is 68.5 Å². The molecule has 1 aliphatic rings. The van der Waals surface area contributed by atoms with Gasteiger partial charge in [0.1, 0.15) is 10.8 Å². The lowest BCUT2D eigenvalue weighted by atomic mass is 9.86. The molecule has 2 aromatic carbocycles. The van der Waals surface area contributed by atoms with Crippen LogP contribution in [0, 0.1) is 0 Å². The topological polar surface area (TPSA) is 101 Å². The number of benzene rings is 2. The first-order valence-corrected chi connectivity index (χ1v) is 12.7. The van der Waals surface area contributed by atoms with E-state index in [0.29, 0.717) is 21.6 Å². The molecule has 0 unspecified atom stereocenters. The van der Waals surface area contributed by atoms with Gasteiger partial charge in [-0.05, 0) is 23.1 Å². The summed E-state index contributed by atoms with van der Waals surface area (Å²) in [5.41, 5.74) is 2.14. The van der Waals surface area contributed by atoms with Gasteiger partial charge in [-0.15, -0.1) is 10.2 Å². The number of amides is 1. The summed E-state index contributed by atoms with van der Waals surface area (Å²) in [4.78, 5) is 12.9. The van der Waals surface area contributed by atoms with E-state index >= 15 is 0 Å². The van der Waals surface area contributed by atoms with Crippen molar-refractivity contribution >= 4 is 38.1 Å². The Morgan fingerprint density at radius 1 is 1.16 bits per heavy atom. The van der Waals surface area contributed by atoms with Crippen molar-refractivity contribution < 1.29 is 17.9 Å². The molecule has 4 rings (SSSR count). The average Bonchev–Trinajstić information content (AvgIpc) is 3.20. The zero-order valence-corrected chi connectivity index (χ0v) is 19.8. The maximum Gasteiger partial charge on any atom is 0.269 e. The van der Waals surface area contributed by atoms with Gasteiger partial charge in [0.2, 0.25) is 15.2 Å². The fraction of sp³-hybridized carbons (Fsp3) is 0.318. The van der Waals surface area contributed by atoms with Crippen LogP contribution in [0.5, 0.6) is 5.75 Å². The predicted molar refractivity (Wildman–Crippen MR) is 126 cm³/mol. The fourth-order valence-electron chi connectivity index (χ4n) is 3.33. The van der Waals surface area contributed by atoms with Crippen molar-refractivity contribution in [2.75, 3.05) is 22.4 Å². The third kappa shape index (κ3) is 4.61. The second kappa shape index (κ2) is 8.18. The van der Waals surface area contributed by atoms with Crippen LogP contribution in [-0.2, 0) is 20.2 Å². The Labute approximate surface area is 191 Å². The van der Waals surface area contributed by atoms with E-state index in [2.05, 4.69) is 15.5 Å². The maximum atomic E-state index is 12.9. The number of carbonyl (C=O) groups is 1. The monoisotopic (exact) mass is 472 g/mol. The van der Waals surface area contributed by atoms with Crippen LogP contribution in [0.2, 0.25) is 0 Å². The highest BCUT2D eigenvalue weighted by atomic mass is 32.2. The molecule has 1 atom stereocenters. The van der Waals surface area contributed by atoms with Crippen molar-refractivity contribution in [2.45, 2.75) is 32.3 Å². The van der Waals surface area contributed by atoms with E-state index in [4.69, 9.17) is 4.74 Å². The molecule has 1 N–H and O–H groups in total. The number of nitrogens with one attached hydrogen (secondary N) is 1. The van der Waals surface area contributed by atoms with Gasteiger partial charge in [-0.25, -0.2) is 8.42 Å². The molecular formula is C22H24N4O4S2. The van der Waals surface area contributed by atoms with Crippen LogP contribution < -0.4 is 14.4 Å². The van der Waals surface area contributed by atoms with Gasteiger partial charge in [0.05, 0.1) is 18.5 Å². The lowest BCUT2D eigenvalue weighted by Gasteiger charge is -2.35. The standard InChI is InChI=1S/C22H24N4O4S2/c1-22(2,3)15-10-11-17-16(12-15)26(32(4,28)29)13-18(30-17)19(27)23-21-25-24-20(31-21)14-8-6-5-7-9-14/h5-12,18H,13H2,1-4H3,(H,23,25,27)/t18-/m0/s1. The number of ether oxygens (including phenoxy) is 1. The lowest BCUT2D eigenvalue weighted by molar-refractivity contribution is -0.122. The normalized spacial score (nSPS) is 16.2. The van der Waals surface area contributed by atoms with Crippen molar-refractivity contribution in [3.63, 3.8) is 0 Å². The van der Waals surface area contributed by atoms with Gasteiger partial charge in [-0.3, -0.25) is 14.4 Å². The first-order valence-electron chi connectivity index (χ1n) is 10.0. The maximum absolute atomic E-state index is 12.9. The van der Waals surface area contributed by atoms with Crippen molar-refractivity contribution in [1.29, 1.82) is 0 Å². The molecule has 0 bridgehead atoms. The summed E-state index contributed by atoms with van der Waals surface area (Å²) in [6.07, 6.45) is 0.0966. The van der Waals surface area contributed by atoms with Gasteiger partial charge < -0.3 is 4.74 Å². The number of hydrogen-bond acceptors (Lipinski definition) is 7. The van der Waals surface area contributed by atoms with Crippen molar-refractivity contribution in [3.05, 3.63) is 54.1 Å². The summed E-state index contributed by atoms with van der Waals surface area (Å²) in [6, 6.07) is 14.9. The van der Waals surface area contributed by atoms with Gasteiger partial charge in [0.15, 0.2) is 6.10 Å². The molecule has 1 amide bonds. The first-order chi connectivity index (χ1) is 15.0. The molecule has 8 nitrogen and oxygen atoms in total. The van der Waals surface area contributed by atoms with Crippen molar-refractivity contribution in [2.24, 2.45) is 0 Å². The molecule has 3 aromatic rings. The smallest absolute Gasteiger partial charge is 0.269 e. The van der Waals surface area contributed by atoms with E-state index in [1.807, 2.05) is 57.2 Å². The molecule has 0 saturated carbocycles. The summed E-state index contributed by atoms with van der Waals surface area (Å²) >= 11 is 1.23. The average molecular weight is 473 g/mol. The molecule has 0 radical (unpaired) electrons. The zero-order chi connectivity index (χ0) is 23.1. The second-order valence-corrected chi connectivity index (χ2v) is 11.5. The van der Waals surface area contributed by atoms with Crippen molar-refractivity contribution in [3.8, 4) is 16.3 Å². The minimum absolute atomic E-state index is 0.129. The van der Waals surface area contributed by atoms with E-state index in [9.17, 15) is 13.2 Å². The van der Waals surface area contributed by atoms with E-state index in [0.717, 1.165) is 17.4 Å². The van der Waals surface area contributed by atoms with E-state index in [1.54, 1.807) is 12.1 Å². The molecule has 32 heavy (non-hydrogen) atoms. The van der Waals surface area contributed by atoms with Gasteiger partial charge in [0, 0.05) is 5.56 Å². The predicted octanol–water partition coefficient (Wildman–Crippen LogP) is 3.67. The number of aromatic nitrogens is 2. The summed E-state index contributed by atoms with van der Waals surface area (Å²) in [7, 11) is -3.62. The summed E-state index contributed by atoms with van der Waals surface area (Å²) in [5.74, 6) is -0.142. The third-order valence-corrected chi connectivity index (χ3v) is 7.10. The number of fused-ring (bicyclic) bond motifs is 1. The molecule has 0 aliphatic carbocycles. The Morgan fingerprint density at radius 3 is 2.53 bits per heavy atom. The number of rotatable bonds is 4. The molecule has 1 aliphatic heterocycles. The summed E-state index contributed by atoms with van der Waals surface area (Å²) < 4.78 is 32.1. The number of anilines is 2. The highest BCUT2D eigenvalue weighted by molar-refractivity contribution is 7.92. The van der Waals surface area contributed by atoms with Crippen LogP contribution in [-0.4, -0.2) is 43.4 Å². The van der Waals surface area contributed by atoms with E-state index in [-0.39, 0.29) is 12.0 Å². The Morgan fingerprint density at radius 2 is 1.88 bits per heavy atom. The van der Waals surface area contributed by atoms with Crippen LogP contribution in [0.15, 0.2) is 48.5 Å². The largest absolute Gasteiger partial charge is 0.476 e. The van der Waals surface area contributed by atoms with Crippen LogP contribution in [0.4, 0.5) is 10.8 Å². The first kappa shape index (κ1) is 22.2. The van der Waals surface area contributed by atoms with E-state index < -0.39 is 22.0 Å². The molecule has 168 valence electrons. The molecule has 1 aromatic heterocycles. The van der Waals surface area contributed by atoms with Gasteiger partial charge in [-0.2, -0.15) is 0 Å². The number of carbonyl (C=O) groups excluding carboxylic acids is 1. The summed E-state index contributed by atoms with van der Waals surface area (Å²) in [6.45, 7) is 6.01. The molecule has 2 heterocycles. The number of nitrogens with zero attached hydrogens (tertiary/aromatic N) is 3. The molecule has 0 spiro atoms. The minimum atomic E-state index is -3.62. The van der Waals surface area contributed by atoms with Gasteiger partial charge >= 0.3 is 0 Å². The van der Waals surface area contributed by atoms with Crippen molar-refractivity contribution in [1.82, 2.24) is 10.2 Å². The fourth-order valence-corrected chi connectivity index (χ4v) is 4.98. The van der Waals surface area contributed by atoms with Crippen LogP contribution >= 0.6 is 11.3 Å².